The first-order chi connectivity index (χ1) is 14.1. The summed E-state index contributed by atoms with van der Waals surface area (Å²) >= 11 is 0. The molecular formula is C21H33IN6O2. The van der Waals surface area contributed by atoms with Crippen LogP contribution in [0.15, 0.2) is 33.8 Å². The van der Waals surface area contributed by atoms with Crippen LogP contribution in [0.1, 0.15) is 44.3 Å². The number of hydrogen-bond donors (Lipinski definition) is 2. The number of benzene rings is 1. The van der Waals surface area contributed by atoms with Crippen LogP contribution in [0.3, 0.4) is 0 Å². The van der Waals surface area contributed by atoms with Gasteiger partial charge in [-0.2, -0.15) is 4.98 Å². The maximum Gasteiger partial charge on any atom is 0.226 e. The van der Waals surface area contributed by atoms with Crippen LogP contribution in [0, 0.1) is 0 Å². The molecule has 1 unspecified atom stereocenters. The van der Waals surface area contributed by atoms with E-state index in [0.29, 0.717) is 11.9 Å². The fourth-order valence-electron chi connectivity index (χ4n) is 3.43. The molecule has 9 heteroatoms. The summed E-state index contributed by atoms with van der Waals surface area (Å²) in [5, 5.41) is 10.9. The lowest BCUT2D eigenvalue weighted by Crippen LogP contribution is -2.44. The van der Waals surface area contributed by atoms with E-state index in [1.807, 2.05) is 18.2 Å². The summed E-state index contributed by atoms with van der Waals surface area (Å²) < 4.78 is 10.8. The van der Waals surface area contributed by atoms with Gasteiger partial charge >= 0.3 is 0 Å². The maximum atomic E-state index is 5.50. The molecule has 1 aliphatic heterocycles. The van der Waals surface area contributed by atoms with E-state index in [1.165, 1.54) is 0 Å². The first-order valence-electron chi connectivity index (χ1n) is 10.3. The molecule has 0 spiro atoms. The van der Waals surface area contributed by atoms with E-state index < -0.39 is 0 Å². The summed E-state index contributed by atoms with van der Waals surface area (Å²) in [5.41, 5.74) is 1.14. The van der Waals surface area contributed by atoms with Gasteiger partial charge in [-0.15, -0.1) is 24.0 Å². The van der Waals surface area contributed by atoms with Crippen LogP contribution in [0.25, 0.3) is 0 Å². The number of aliphatic imine (C=N–C) groups is 1. The Morgan fingerprint density at radius 2 is 2.17 bits per heavy atom. The Bertz CT molecular complexity index is 810. The highest BCUT2D eigenvalue weighted by Crippen LogP contribution is 2.30. The first-order valence-corrected chi connectivity index (χ1v) is 10.3. The molecular weight excluding hydrogens is 495 g/mol. The molecule has 3 rings (SSSR count). The van der Waals surface area contributed by atoms with E-state index >= 15 is 0 Å². The number of halogens is 1. The summed E-state index contributed by atoms with van der Waals surface area (Å²) in [6.07, 6.45) is 2.71. The molecule has 8 nitrogen and oxygen atoms in total. The third-order valence-corrected chi connectivity index (χ3v) is 5.04. The highest BCUT2D eigenvalue weighted by molar-refractivity contribution is 14.0. The van der Waals surface area contributed by atoms with Crippen molar-refractivity contribution in [2.75, 3.05) is 38.7 Å². The Labute approximate surface area is 195 Å². The standard InChI is InChI=1S/C21H32N6O2.HI/c1-15(2)20-25-19(29-26-20)10-7-12-23-21(22-3)24-16-11-13-27(14-16)17-8-5-6-9-18(17)28-4;/h5-6,8-9,15-16H,7,10-14H2,1-4H3,(H2,22,23,24);1H. The Balaban J connectivity index is 0.00000320. The second-order valence-electron chi connectivity index (χ2n) is 7.55. The number of hydrogen-bond acceptors (Lipinski definition) is 6. The zero-order chi connectivity index (χ0) is 20.6. The molecule has 1 fully saturated rings. The quantitative estimate of drug-likeness (QED) is 0.236. The van der Waals surface area contributed by atoms with E-state index in [4.69, 9.17) is 9.26 Å². The van der Waals surface area contributed by atoms with Crippen LogP contribution < -0.4 is 20.3 Å². The number of guanidine groups is 1. The van der Waals surface area contributed by atoms with E-state index in [0.717, 1.165) is 62.1 Å². The SMILES string of the molecule is CN=C(NCCCc1nc(C(C)C)no1)NC1CCN(c2ccccc2OC)C1.I. The molecule has 166 valence electrons. The number of ether oxygens (including phenoxy) is 1. The van der Waals surface area contributed by atoms with Crippen molar-refractivity contribution in [2.45, 2.75) is 45.1 Å². The van der Waals surface area contributed by atoms with Gasteiger partial charge in [0.05, 0.1) is 12.8 Å². The molecule has 30 heavy (non-hydrogen) atoms. The number of rotatable bonds is 8. The van der Waals surface area contributed by atoms with Gasteiger partial charge in [-0.05, 0) is 25.0 Å². The molecule has 2 N–H and O–H groups in total. The number of nitrogens with one attached hydrogen (secondary N) is 2. The predicted octanol–water partition coefficient (Wildman–Crippen LogP) is 3.20. The number of aryl methyl sites for hydroxylation is 1. The number of aromatic nitrogens is 2. The first kappa shape index (κ1) is 24.2. The summed E-state index contributed by atoms with van der Waals surface area (Å²) in [5.74, 6) is 3.49. The Kier molecular flexibility index (Phi) is 9.67. The molecule has 1 aromatic carbocycles. The van der Waals surface area contributed by atoms with Crippen LogP contribution in [0.2, 0.25) is 0 Å². The van der Waals surface area contributed by atoms with E-state index in [1.54, 1.807) is 14.2 Å². The summed E-state index contributed by atoms with van der Waals surface area (Å²) in [7, 11) is 3.52. The summed E-state index contributed by atoms with van der Waals surface area (Å²) in [6.45, 7) is 6.82. The highest BCUT2D eigenvalue weighted by Gasteiger charge is 2.25. The fourth-order valence-corrected chi connectivity index (χ4v) is 3.43. The van der Waals surface area contributed by atoms with Crippen LogP contribution in [0.5, 0.6) is 5.75 Å². The minimum Gasteiger partial charge on any atom is -0.495 e. The maximum absolute atomic E-state index is 5.50. The third kappa shape index (κ3) is 6.48. The van der Waals surface area contributed by atoms with Crippen LogP contribution >= 0.6 is 24.0 Å². The van der Waals surface area contributed by atoms with Crippen molar-refractivity contribution in [3.05, 3.63) is 36.0 Å². The average molecular weight is 528 g/mol. The number of anilines is 1. The zero-order valence-electron chi connectivity index (χ0n) is 18.2. The molecule has 2 aromatic rings. The lowest BCUT2D eigenvalue weighted by molar-refractivity contribution is 0.368. The predicted molar refractivity (Wildman–Crippen MR) is 130 cm³/mol. The van der Waals surface area contributed by atoms with Crippen molar-refractivity contribution in [1.29, 1.82) is 0 Å². The van der Waals surface area contributed by atoms with Gasteiger partial charge < -0.3 is 24.8 Å². The molecule has 0 bridgehead atoms. The van der Waals surface area contributed by atoms with Crippen LogP contribution in [-0.2, 0) is 6.42 Å². The van der Waals surface area contributed by atoms with Gasteiger partial charge in [0.2, 0.25) is 5.89 Å². The lowest BCUT2D eigenvalue weighted by atomic mass is 10.2. The molecule has 0 aliphatic carbocycles. The van der Waals surface area contributed by atoms with Crippen LogP contribution in [-0.4, -0.2) is 55.9 Å². The van der Waals surface area contributed by atoms with E-state index in [2.05, 4.69) is 50.6 Å². The molecule has 2 heterocycles. The van der Waals surface area contributed by atoms with Crippen molar-refractivity contribution in [3.63, 3.8) is 0 Å². The fraction of sp³-hybridized carbons (Fsp3) is 0.571. The largest absolute Gasteiger partial charge is 0.495 e. The molecule has 1 aliphatic rings. The Hall–Kier alpha value is -2.04. The monoisotopic (exact) mass is 528 g/mol. The van der Waals surface area contributed by atoms with E-state index in [-0.39, 0.29) is 29.9 Å². The molecule has 0 saturated carbocycles. The molecule has 0 amide bonds. The second-order valence-corrected chi connectivity index (χ2v) is 7.55. The van der Waals surface area contributed by atoms with Gasteiger partial charge in [-0.25, -0.2) is 0 Å². The lowest BCUT2D eigenvalue weighted by Gasteiger charge is -2.22. The van der Waals surface area contributed by atoms with Crippen molar-refractivity contribution in [2.24, 2.45) is 4.99 Å². The van der Waals surface area contributed by atoms with Gasteiger partial charge in [0.1, 0.15) is 5.75 Å². The van der Waals surface area contributed by atoms with Gasteiger partial charge in [-0.1, -0.05) is 31.1 Å². The summed E-state index contributed by atoms with van der Waals surface area (Å²) in [4.78, 5) is 11.1. The van der Waals surface area contributed by atoms with Gasteiger partial charge in [0.25, 0.3) is 0 Å². The molecule has 1 atom stereocenters. The number of methoxy groups -OCH3 is 1. The molecule has 0 radical (unpaired) electrons. The second kappa shape index (κ2) is 12.0. The Morgan fingerprint density at radius 1 is 1.37 bits per heavy atom. The van der Waals surface area contributed by atoms with Gasteiger partial charge in [-0.3, -0.25) is 4.99 Å². The summed E-state index contributed by atoms with van der Waals surface area (Å²) in [6, 6.07) is 8.50. The third-order valence-electron chi connectivity index (χ3n) is 5.04. The minimum absolute atomic E-state index is 0. The van der Waals surface area contributed by atoms with E-state index in [9.17, 15) is 0 Å². The molecule has 1 saturated heterocycles. The minimum atomic E-state index is 0. The topological polar surface area (TPSA) is 87.8 Å². The van der Waals surface area contributed by atoms with Gasteiger partial charge in [0.15, 0.2) is 11.8 Å². The normalized spacial score (nSPS) is 16.5. The van der Waals surface area contributed by atoms with Crippen molar-refractivity contribution >= 4 is 35.6 Å². The van der Waals surface area contributed by atoms with Crippen molar-refractivity contribution in [1.82, 2.24) is 20.8 Å². The van der Waals surface area contributed by atoms with Gasteiger partial charge in [0, 0.05) is 45.1 Å². The average Bonchev–Trinajstić information content (AvgIpc) is 3.40. The zero-order valence-corrected chi connectivity index (χ0v) is 20.6. The molecule has 1 aromatic heterocycles. The van der Waals surface area contributed by atoms with Crippen molar-refractivity contribution in [3.8, 4) is 5.75 Å². The number of nitrogens with zero attached hydrogens (tertiary/aromatic N) is 4. The van der Waals surface area contributed by atoms with Crippen molar-refractivity contribution < 1.29 is 9.26 Å². The smallest absolute Gasteiger partial charge is 0.226 e. The van der Waals surface area contributed by atoms with Crippen LogP contribution in [0.4, 0.5) is 5.69 Å². The highest BCUT2D eigenvalue weighted by atomic mass is 127. The Morgan fingerprint density at radius 3 is 2.87 bits per heavy atom. The number of para-hydroxylation sites is 2.